The van der Waals surface area contributed by atoms with E-state index in [9.17, 15) is 9.90 Å². The van der Waals surface area contributed by atoms with E-state index in [0.717, 1.165) is 19.4 Å². The number of unbranched alkanes of at least 4 members (excludes halogenated alkanes) is 6. The second-order valence-corrected chi connectivity index (χ2v) is 5.20. The number of primary amides is 1. The first-order valence-corrected chi connectivity index (χ1v) is 7.71. The number of amides is 1. The molecule has 0 saturated heterocycles. The fourth-order valence-electron chi connectivity index (χ4n) is 2.02. The van der Waals surface area contributed by atoms with Crippen molar-refractivity contribution in [2.75, 3.05) is 13.2 Å². The van der Waals surface area contributed by atoms with Crippen molar-refractivity contribution in [2.45, 2.75) is 77.2 Å². The molecule has 114 valence electrons. The maximum atomic E-state index is 10.5. The molecule has 0 fully saturated rings. The van der Waals surface area contributed by atoms with Crippen molar-refractivity contribution in [1.82, 2.24) is 0 Å². The Labute approximate surface area is 117 Å². The molecule has 3 N–H and O–H groups in total. The number of aliphatic hydroxyl groups excluding tert-OH is 1. The molecule has 0 saturated carbocycles. The third-order valence-corrected chi connectivity index (χ3v) is 3.16. The lowest BCUT2D eigenvalue weighted by Crippen LogP contribution is -2.20. The van der Waals surface area contributed by atoms with Gasteiger partial charge < -0.3 is 15.6 Å². The van der Waals surface area contributed by atoms with Gasteiger partial charge in [0.2, 0.25) is 5.91 Å². The maximum Gasteiger partial charge on any atom is 0.220 e. The quantitative estimate of drug-likeness (QED) is 0.478. The van der Waals surface area contributed by atoms with Crippen molar-refractivity contribution >= 4 is 5.91 Å². The fourth-order valence-corrected chi connectivity index (χ4v) is 2.02. The van der Waals surface area contributed by atoms with Crippen LogP contribution in [-0.2, 0) is 9.53 Å². The molecule has 1 unspecified atom stereocenters. The number of hydrogen-bond donors (Lipinski definition) is 2. The SMILES string of the molecule is CCCCCCCCCOCCCC(O)CC(N)=O. The van der Waals surface area contributed by atoms with Gasteiger partial charge in [0.05, 0.1) is 12.5 Å². The highest BCUT2D eigenvalue weighted by molar-refractivity contribution is 5.74. The number of carbonyl (C=O) groups excluding carboxylic acids is 1. The van der Waals surface area contributed by atoms with E-state index in [1.54, 1.807) is 0 Å². The van der Waals surface area contributed by atoms with Gasteiger partial charge in [-0.15, -0.1) is 0 Å². The molecule has 0 aliphatic heterocycles. The average Bonchev–Trinajstić information content (AvgIpc) is 2.35. The van der Waals surface area contributed by atoms with Gasteiger partial charge in [-0.2, -0.15) is 0 Å². The molecule has 1 amide bonds. The molecule has 0 bridgehead atoms. The minimum Gasteiger partial charge on any atom is -0.393 e. The van der Waals surface area contributed by atoms with Gasteiger partial charge in [-0.25, -0.2) is 0 Å². The van der Waals surface area contributed by atoms with Gasteiger partial charge >= 0.3 is 0 Å². The zero-order valence-electron chi connectivity index (χ0n) is 12.4. The highest BCUT2D eigenvalue weighted by Crippen LogP contribution is 2.07. The molecule has 0 aromatic rings. The minimum absolute atomic E-state index is 0.0533. The third-order valence-electron chi connectivity index (χ3n) is 3.16. The van der Waals surface area contributed by atoms with Gasteiger partial charge in [0.15, 0.2) is 0 Å². The Bertz CT molecular complexity index is 210. The van der Waals surface area contributed by atoms with E-state index in [-0.39, 0.29) is 6.42 Å². The van der Waals surface area contributed by atoms with Gasteiger partial charge in [0, 0.05) is 13.2 Å². The molecule has 4 nitrogen and oxygen atoms in total. The van der Waals surface area contributed by atoms with E-state index in [4.69, 9.17) is 10.5 Å². The Hall–Kier alpha value is -0.610. The first-order valence-electron chi connectivity index (χ1n) is 7.71. The lowest BCUT2D eigenvalue weighted by Gasteiger charge is -2.08. The molecule has 0 radical (unpaired) electrons. The Kier molecular flexibility index (Phi) is 13.4. The van der Waals surface area contributed by atoms with E-state index >= 15 is 0 Å². The largest absolute Gasteiger partial charge is 0.393 e. The van der Waals surface area contributed by atoms with E-state index < -0.39 is 12.0 Å². The number of ether oxygens (including phenoxy) is 1. The van der Waals surface area contributed by atoms with E-state index in [1.807, 2.05) is 0 Å². The summed E-state index contributed by atoms with van der Waals surface area (Å²) in [5, 5.41) is 9.41. The van der Waals surface area contributed by atoms with Gasteiger partial charge in [0.1, 0.15) is 0 Å². The number of hydrogen-bond acceptors (Lipinski definition) is 3. The Morgan fingerprint density at radius 1 is 1.05 bits per heavy atom. The predicted octanol–water partition coefficient (Wildman–Crippen LogP) is 2.77. The molecule has 4 heteroatoms. The summed E-state index contributed by atoms with van der Waals surface area (Å²) in [4.78, 5) is 10.5. The zero-order valence-corrected chi connectivity index (χ0v) is 12.4. The first kappa shape index (κ1) is 18.4. The number of aliphatic hydroxyl groups is 1. The van der Waals surface area contributed by atoms with Crippen LogP contribution >= 0.6 is 0 Å². The van der Waals surface area contributed by atoms with Crippen molar-refractivity contribution in [1.29, 1.82) is 0 Å². The second kappa shape index (κ2) is 13.8. The van der Waals surface area contributed by atoms with Gasteiger partial charge in [-0.3, -0.25) is 4.79 Å². The Balaban J connectivity index is 3.08. The second-order valence-electron chi connectivity index (χ2n) is 5.20. The molecular formula is C15H31NO3. The van der Waals surface area contributed by atoms with Crippen LogP contribution in [0.3, 0.4) is 0 Å². The van der Waals surface area contributed by atoms with Crippen LogP contribution in [0.2, 0.25) is 0 Å². The molecule has 0 spiro atoms. The summed E-state index contributed by atoms with van der Waals surface area (Å²) in [6.07, 6.45) is 9.82. The van der Waals surface area contributed by atoms with Crippen LogP contribution in [0, 0.1) is 0 Å². The van der Waals surface area contributed by atoms with E-state index in [1.165, 1.54) is 38.5 Å². The molecular weight excluding hydrogens is 242 g/mol. The van der Waals surface area contributed by atoms with Crippen LogP contribution in [0.15, 0.2) is 0 Å². The summed E-state index contributed by atoms with van der Waals surface area (Å²) in [6.45, 7) is 3.69. The Morgan fingerprint density at radius 3 is 2.26 bits per heavy atom. The fraction of sp³-hybridized carbons (Fsp3) is 0.933. The zero-order chi connectivity index (χ0) is 14.3. The molecule has 0 aromatic heterocycles. The van der Waals surface area contributed by atoms with Crippen molar-refractivity contribution in [2.24, 2.45) is 5.73 Å². The van der Waals surface area contributed by atoms with Gasteiger partial charge in [0.25, 0.3) is 0 Å². The molecule has 0 aliphatic rings. The molecule has 0 rings (SSSR count). The highest BCUT2D eigenvalue weighted by Gasteiger charge is 2.06. The molecule has 0 heterocycles. The minimum atomic E-state index is -0.611. The third kappa shape index (κ3) is 15.3. The topological polar surface area (TPSA) is 72.6 Å². The average molecular weight is 273 g/mol. The number of carbonyl (C=O) groups is 1. The molecule has 0 aromatic carbocycles. The molecule has 0 aliphatic carbocycles. The van der Waals surface area contributed by atoms with Gasteiger partial charge in [-0.05, 0) is 19.3 Å². The lowest BCUT2D eigenvalue weighted by atomic mass is 10.1. The first-order chi connectivity index (χ1) is 9.16. The monoisotopic (exact) mass is 273 g/mol. The lowest BCUT2D eigenvalue weighted by molar-refractivity contribution is -0.120. The van der Waals surface area contributed by atoms with Crippen molar-refractivity contribution in [3.8, 4) is 0 Å². The van der Waals surface area contributed by atoms with Crippen molar-refractivity contribution in [3.05, 3.63) is 0 Å². The van der Waals surface area contributed by atoms with Crippen LogP contribution in [0.5, 0.6) is 0 Å². The summed E-state index contributed by atoms with van der Waals surface area (Å²) >= 11 is 0. The van der Waals surface area contributed by atoms with Crippen LogP contribution in [-0.4, -0.2) is 30.3 Å². The van der Waals surface area contributed by atoms with Crippen LogP contribution < -0.4 is 5.73 Å². The summed E-state index contributed by atoms with van der Waals surface area (Å²) < 4.78 is 5.49. The molecule has 19 heavy (non-hydrogen) atoms. The number of rotatable bonds is 14. The maximum absolute atomic E-state index is 10.5. The summed E-state index contributed by atoms with van der Waals surface area (Å²) in [5.74, 6) is -0.448. The standard InChI is InChI=1S/C15H31NO3/c1-2-3-4-5-6-7-8-11-19-12-9-10-14(17)13-15(16)18/h14,17H,2-13H2,1H3,(H2,16,18). The van der Waals surface area contributed by atoms with Crippen LogP contribution in [0.1, 0.15) is 71.1 Å². The number of nitrogens with two attached hydrogens (primary N) is 1. The smallest absolute Gasteiger partial charge is 0.220 e. The highest BCUT2D eigenvalue weighted by atomic mass is 16.5. The summed E-state index contributed by atoms with van der Waals surface area (Å²) in [6, 6.07) is 0. The van der Waals surface area contributed by atoms with Crippen molar-refractivity contribution in [3.63, 3.8) is 0 Å². The van der Waals surface area contributed by atoms with E-state index in [2.05, 4.69) is 6.92 Å². The summed E-state index contributed by atoms with van der Waals surface area (Å²) in [7, 11) is 0. The summed E-state index contributed by atoms with van der Waals surface area (Å²) in [5.41, 5.74) is 4.99. The Morgan fingerprint density at radius 2 is 1.63 bits per heavy atom. The van der Waals surface area contributed by atoms with Gasteiger partial charge in [-0.1, -0.05) is 45.4 Å². The van der Waals surface area contributed by atoms with Crippen LogP contribution in [0.4, 0.5) is 0 Å². The normalized spacial score (nSPS) is 12.5. The van der Waals surface area contributed by atoms with Crippen LogP contribution in [0.25, 0.3) is 0 Å². The molecule has 1 atom stereocenters. The van der Waals surface area contributed by atoms with Crippen molar-refractivity contribution < 1.29 is 14.6 Å². The predicted molar refractivity (Wildman–Crippen MR) is 77.9 cm³/mol. The van der Waals surface area contributed by atoms with E-state index in [0.29, 0.717) is 13.0 Å².